The smallest absolute Gasteiger partial charge is 0.264 e. The molecule has 0 spiro atoms. The summed E-state index contributed by atoms with van der Waals surface area (Å²) in [5, 5.41) is 0. The maximum absolute atomic E-state index is 12.6. The summed E-state index contributed by atoms with van der Waals surface area (Å²) in [6, 6.07) is 16.8. The normalized spacial score (nSPS) is 15.0. The molecule has 0 aromatic heterocycles. The predicted molar refractivity (Wildman–Crippen MR) is 95.3 cm³/mol. The summed E-state index contributed by atoms with van der Waals surface area (Å²) < 4.78 is 27.8. The number of nitrogens with one attached hydrogen (secondary N) is 1. The van der Waals surface area contributed by atoms with Crippen LogP contribution in [0.5, 0.6) is 0 Å². The van der Waals surface area contributed by atoms with Crippen LogP contribution in [-0.2, 0) is 16.6 Å². The fourth-order valence-corrected chi connectivity index (χ4v) is 3.65. The number of rotatable bonds is 4. The van der Waals surface area contributed by atoms with Gasteiger partial charge in [-0.3, -0.25) is 4.99 Å². The number of guanidine groups is 1. The maximum Gasteiger partial charge on any atom is 0.264 e. The molecule has 1 N–H and O–H groups in total. The number of hydrogen-bond donors (Lipinski definition) is 1. The molecule has 1 aliphatic heterocycles. The van der Waals surface area contributed by atoms with Gasteiger partial charge in [0.15, 0.2) is 0 Å². The zero-order chi connectivity index (χ0) is 17.0. The second-order valence-electron chi connectivity index (χ2n) is 5.88. The zero-order valence-electron chi connectivity index (χ0n) is 13.6. The fraction of sp³-hybridized carbons (Fsp3) is 0.278. The van der Waals surface area contributed by atoms with Crippen LogP contribution in [0.2, 0.25) is 0 Å². The molecule has 0 amide bonds. The first-order chi connectivity index (χ1) is 11.5. The quantitative estimate of drug-likeness (QED) is 0.928. The average Bonchev–Trinajstić information content (AvgIpc) is 2.58. The Labute approximate surface area is 143 Å². The van der Waals surface area contributed by atoms with Crippen molar-refractivity contribution in [1.82, 2.24) is 9.62 Å². The summed E-state index contributed by atoms with van der Waals surface area (Å²) >= 11 is 0. The summed E-state index contributed by atoms with van der Waals surface area (Å²) in [5.74, 6) is 0.422. The van der Waals surface area contributed by atoms with Gasteiger partial charge in [0.1, 0.15) is 0 Å². The predicted octanol–water partition coefficient (Wildman–Crippen LogP) is 2.54. The van der Waals surface area contributed by atoms with Crippen LogP contribution in [0.15, 0.2) is 64.5 Å². The Hall–Kier alpha value is -2.34. The van der Waals surface area contributed by atoms with E-state index < -0.39 is 10.0 Å². The molecule has 2 aromatic carbocycles. The summed E-state index contributed by atoms with van der Waals surface area (Å²) in [7, 11) is -3.62. The van der Waals surface area contributed by atoms with E-state index in [1.54, 1.807) is 24.3 Å². The highest BCUT2D eigenvalue weighted by molar-refractivity contribution is 7.90. The van der Waals surface area contributed by atoms with E-state index in [1.807, 2.05) is 42.2 Å². The highest BCUT2D eigenvalue weighted by Gasteiger charge is 2.22. The highest BCUT2D eigenvalue weighted by atomic mass is 32.2. The van der Waals surface area contributed by atoms with Crippen molar-refractivity contribution in [1.29, 1.82) is 0 Å². The molecule has 6 heteroatoms. The lowest BCUT2D eigenvalue weighted by Crippen LogP contribution is -2.46. The van der Waals surface area contributed by atoms with Crippen LogP contribution >= 0.6 is 0 Å². The molecule has 0 saturated heterocycles. The van der Waals surface area contributed by atoms with Crippen molar-refractivity contribution >= 4 is 16.0 Å². The van der Waals surface area contributed by atoms with Crippen LogP contribution in [0.3, 0.4) is 0 Å². The van der Waals surface area contributed by atoms with Crippen LogP contribution in [0.4, 0.5) is 0 Å². The maximum atomic E-state index is 12.6. The third-order valence-corrected chi connectivity index (χ3v) is 5.26. The van der Waals surface area contributed by atoms with Crippen molar-refractivity contribution in [3.05, 3.63) is 65.7 Å². The fourth-order valence-electron chi connectivity index (χ4n) is 2.60. The largest absolute Gasteiger partial charge is 0.338 e. The summed E-state index contributed by atoms with van der Waals surface area (Å²) in [5.41, 5.74) is 2.15. The minimum absolute atomic E-state index is 0.251. The number of aryl methyl sites for hydroxylation is 1. The van der Waals surface area contributed by atoms with Crippen molar-refractivity contribution in [3.63, 3.8) is 0 Å². The first-order valence-electron chi connectivity index (χ1n) is 7.97. The van der Waals surface area contributed by atoms with Gasteiger partial charge < -0.3 is 4.90 Å². The lowest BCUT2D eigenvalue weighted by Gasteiger charge is -2.29. The van der Waals surface area contributed by atoms with E-state index in [0.29, 0.717) is 19.0 Å². The Morgan fingerprint density at radius 3 is 2.50 bits per heavy atom. The van der Waals surface area contributed by atoms with E-state index >= 15 is 0 Å². The van der Waals surface area contributed by atoms with Gasteiger partial charge in [-0.05, 0) is 31.0 Å². The Morgan fingerprint density at radius 2 is 1.79 bits per heavy atom. The Morgan fingerprint density at radius 1 is 1.08 bits per heavy atom. The molecule has 24 heavy (non-hydrogen) atoms. The van der Waals surface area contributed by atoms with Gasteiger partial charge in [0.2, 0.25) is 5.96 Å². The van der Waals surface area contributed by atoms with Crippen molar-refractivity contribution in [2.45, 2.75) is 24.8 Å². The first-order valence-corrected chi connectivity index (χ1v) is 9.46. The number of nitrogens with zero attached hydrogens (tertiary/aromatic N) is 2. The molecular weight excluding hydrogens is 322 g/mol. The van der Waals surface area contributed by atoms with Crippen molar-refractivity contribution in [2.75, 3.05) is 13.1 Å². The van der Waals surface area contributed by atoms with Crippen molar-refractivity contribution < 1.29 is 8.42 Å². The molecule has 0 bridgehead atoms. The van der Waals surface area contributed by atoms with E-state index in [2.05, 4.69) is 9.71 Å². The van der Waals surface area contributed by atoms with Gasteiger partial charge in [0, 0.05) is 19.6 Å². The standard InChI is InChI=1S/C18H21N3O2S/c1-15-8-10-17(11-9-15)24(22,23)20-18-19-12-5-13-21(18)14-16-6-3-2-4-7-16/h2-4,6-11H,5,12-14H2,1H3,(H,19,20). The molecule has 1 aliphatic rings. The monoisotopic (exact) mass is 343 g/mol. The van der Waals surface area contributed by atoms with Crippen molar-refractivity contribution in [3.8, 4) is 0 Å². The third kappa shape index (κ3) is 3.94. The lowest BCUT2D eigenvalue weighted by molar-refractivity contribution is 0.379. The van der Waals surface area contributed by atoms with Crippen LogP contribution in [0.1, 0.15) is 17.5 Å². The molecule has 0 unspecified atom stereocenters. The van der Waals surface area contributed by atoms with Gasteiger partial charge in [0.25, 0.3) is 10.0 Å². The van der Waals surface area contributed by atoms with E-state index in [9.17, 15) is 8.42 Å². The SMILES string of the molecule is Cc1ccc(S(=O)(=O)NC2=NCCCN2Cc2ccccc2)cc1. The Kier molecular flexibility index (Phi) is 4.85. The third-order valence-electron chi connectivity index (χ3n) is 3.92. The summed E-state index contributed by atoms with van der Waals surface area (Å²) in [6.07, 6.45) is 0.919. The topological polar surface area (TPSA) is 61.8 Å². The number of sulfonamides is 1. The minimum atomic E-state index is -3.62. The Balaban J connectivity index is 1.78. The molecule has 0 aliphatic carbocycles. The summed E-state index contributed by atoms with van der Waals surface area (Å²) in [6.45, 7) is 3.98. The van der Waals surface area contributed by atoms with Gasteiger partial charge in [-0.25, -0.2) is 13.1 Å². The molecular formula is C18H21N3O2S. The van der Waals surface area contributed by atoms with Gasteiger partial charge in [-0.1, -0.05) is 48.0 Å². The van der Waals surface area contributed by atoms with Gasteiger partial charge in [-0.15, -0.1) is 0 Å². The van der Waals surface area contributed by atoms with Crippen LogP contribution in [0.25, 0.3) is 0 Å². The minimum Gasteiger partial charge on any atom is -0.338 e. The van der Waals surface area contributed by atoms with E-state index in [-0.39, 0.29) is 4.90 Å². The first kappa shape index (κ1) is 16.5. The number of hydrogen-bond acceptors (Lipinski definition) is 4. The van der Waals surface area contributed by atoms with E-state index in [1.165, 1.54) is 0 Å². The zero-order valence-corrected chi connectivity index (χ0v) is 14.5. The average molecular weight is 343 g/mol. The van der Waals surface area contributed by atoms with Crippen LogP contribution < -0.4 is 4.72 Å². The second-order valence-corrected chi connectivity index (χ2v) is 7.57. The molecule has 1 heterocycles. The highest BCUT2D eigenvalue weighted by Crippen LogP contribution is 2.13. The van der Waals surface area contributed by atoms with Gasteiger partial charge >= 0.3 is 0 Å². The summed E-state index contributed by atoms with van der Waals surface area (Å²) in [4.78, 5) is 6.62. The van der Waals surface area contributed by atoms with Crippen LogP contribution in [0, 0.1) is 6.92 Å². The Bertz CT molecular complexity index is 815. The van der Waals surface area contributed by atoms with Gasteiger partial charge in [-0.2, -0.15) is 0 Å². The lowest BCUT2D eigenvalue weighted by atomic mass is 10.2. The van der Waals surface area contributed by atoms with E-state index in [0.717, 1.165) is 24.1 Å². The van der Waals surface area contributed by atoms with Gasteiger partial charge in [0.05, 0.1) is 4.90 Å². The molecule has 5 nitrogen and oxygen atoms in total. The van der Waals surface area contributed by atoms with E-state index in [4.69, 9.17) is 0 Å². The molecule has 0 fully saturated rings. The molecule has 0 radical (unpaired) electrons. The molecule has 0 atom stereocenters. The molecule has 3 rings (SSSR count). The number of benzene rings is 2. The molecule has 2 aromatic rings. The second kappa shape index (κ2) is 7.05. The van der Waals surface area contributed by atoms with Crippen molar-refractivity contribution in [2.24, 2.45) is 4.99 Å². The van der Waals surface area contributed by atoms with Crippen LogP contribution in [-0.4, -0.2) is 32.4 Å². The number of aliphatic imine (C=N–C) groups is 1. The molecule has 126 valence electrons. The molecule has 0 saturated carbocycles.